The Balaban J connectivity index is 2.26. The minimum atomic E-state index is -3.78. The lowest BCUT2D eigenvalue weighted by Crippen LogP contribution is -2.49. The van der Waals surface area contributed by atoms with Crippen LogP contribution in [0.25, 0.3) is 0 Å². The molecule has 2 heterocycles. The van der Waals surface area contributed by atoms with Crippen LogP contribution >= 0.6 is 0 Å². The zero-order valence-corrected chi connectivity index (χ0v) is 13.0. The lowest BCUT2D eigenvalue weighted by Gasteiger charge is -2.31. The van der Waals surface area contributed by atoms with Gasteiger partial charge in [0.25, 0.3) is 10.0 Å². The molecule has 1 atom stereocenters. The van der Waals surface area contributed by atoms with Crippen molar-refractivity contribution in [1.29, 1.82) is 0 Å². The maximum Gasteiger partial charge on any atom is 0.276 e. The van der Waals surface area contributed by atoms with Crippen molar-refractivity contribution in [2.24, 2.45) is 0 Å². The van der Waals surface area contributed by atoms with E-state index in [0.717, 1.165) is 0 Å². The fraction of sp³-hybridized carbons (Fsp3) is 0.636. The minimum Gasteiger partial charge on any atom is -0.447 e. The Morgan fingerprint density at radius 2 is 2.15 bits per heavy atom. The average Bonchev–Trinajstić information content (AvgIpc) is 2.77. The number of nitrogens with zero attached hydrogens (tertiary/aromatic N) is 1. The van der Waals surface area contributed by atoms with Crippen molar-refractivity contribution < 1.29 is 21.3 Å². The van der Waals surface area contributed by atoms with Gasteiger partial charge in [0.2, 0.25) is 5.09 Å². The standard InChI is InChI=1S/C11H18N2O5S2/c1-9-8-19(14,15)6-5-13(9)20(16,17)11-4-3-10(18-11)7-12-2/h3-4,9,12H,5-8H2,1-2H3. The van der Waals surface area contributed by atoms with Crippen molar-refractivity contribution in [3.05, 3.63) is 17.9 Å². The van der Waals surface area contributed by atoms with Gasteiger partial charge in [0.05, 0.1) is 18.1 Å². The summed E-state index contributed by atoms with van der Waals surface area (Å²) in [4.78, 5) is 0. The Labute approximate surface area is 118 Å². The van der Waals surface area contributed by atoms with Gasteiger partial charge in [0.15, 0.2) is 9.84 Å². The van der Waals surface area contributed by atoms with Gasteiger partial charge in [-0.05, 0) is 26.1 Å². The lowest BCUT2D eigenvalue weighted by molar-refractivity contribution is 0.332. The summed E-state index contributed by atoms with van der Waals surface area (Å²) in [6, 6.07) is 2.41. The molecule has 0 aliphatic carbocycles. The first-order valence-corrected chi connectivity index (χ1v) is 9.48. The highest BCUT2D eigenvalue weighted by Gasteiger charge is 2.38. The molecule has 1 N–H and O–H groups in total. The smallest absolute Gasteiger partial charge is 0.276 e. The van der Waals surface area contributed by atoms with Gasteiger partial charge < -0.3 is 9.73 Å². The Kier molecular flexibility index (Phi) is 4.24. The second-order valence-corrected chi connectivity index (χ2v) is 8.88. The van der Waals surface area contributed by atoms with Crippen LogP contribution in [0.3, 0.4) is 0 Å². The molecule has 7 nitrogen and oxygen atoms in total. The highest BCUT2D eigenvalue weighted by atomic mass is 32.2. The highest BCUT2D eigenvalue weighted by molar-refractivity contribution is 7.92. The summed E-state index contributed by atoms with van der Waals surface area (Å²) < 4.78 is 54.4. The van der Waals surface area contributed by atoms with Gasteiger partial charge >= 0.3 is 0 Å². The van der Waals surface area contributed by atoms with Gasteiger partial charge in [0, 0.05) is 12.6 Å². The Bertz CT molecular complexity index is 677. The van der Waals surface area contributed by atoms with E-state index in [1.165, 1.54) is 10.4 Å². The van der Waals surface area contributed by atoms with Crippen LogP contribution in [0.2, 0.25) is 0 Å². The third kappa shape index (κ3) is 3.05. The van der Waals surface area contributed by atoms with E-state index in [2.05, 4.69) is 5.32 Å². The second kappa shape index (κ2) is 5.47. The van der Waals surface area contributed by atoms with Gasteiger partial charge in [-0.1, -0.05) is 0 Å². The number of nitrogens with one attached hydrogen (secondary N) is 1. The normalized spacial score (nSPS) is 23.8. The zero-order valence-electron chi connectivity index (χ0n) is 11.4. The summed E-state index contributed by atoms with van der Waals surface area (Å²) in [7, 11) is -5.21. The van der Waals surface area contributed by atoms with Gasteiger partial charge in [0.1, 0.15) is 5.76 Å². The fourth-order valence-corrected chi connectivity index (χ4v) is 5.55. The van der Waals surface area contributed by atoms with Crippen LogP contribution in [0, 0.1) is 0 Å². The van der Waals surface area contributed by atoms with Crippen molar-refractivity contribution in [2.75, 3.05) is 25.1 Å². The third-order valence-corrected chi connectivity index (χ3v) is 6.84. The molecule has 1 aromatic heterocycles. The summed E-state index contributed by atoms with van der Waals surface area (Å²) in [6.45, 7) is 1.99. The Morgan fingerprint density at radius 3 is 2.75 bits per heavy atom. The molecule has 114 valence electrons. The summed E-state index contributed by atoms with van der Waals surface area (Å²) in [5.41, 5.74) is 0. The maximum absolute atomic E-state index is 12.4. The zero-order chi connectivity index (χ0) is 15.0. The van der Waals surface area contributed by atoms with E-state index in [0.29, 0.717) is 12.3 Å². The monoisotopic (exact) mass is 322 g/mol. The first-order valence-electron chi connectivity index (χ1n) is 6.22. The van der Waals surface area contributed by atoms with E-state index >= 15 is 0 Å². The summed E-state index contributed by atoms with van der Waals surface area (Å²) in [5, 5.41) is 2.72. The van der Waals surface area contributed by atoms with Crippen LogP contribution in [-0.4, -0.2) is 52.3 Å². The molecule has 0 saturated carbocycles. The molecule has 0 radical (unpaired) electrons. The topological polar surface area (TPSA) is 96.7 Å². The molecule has 1 saturated heterocycles. The number of hydrogen-bond acceptors (Lipinski definition) is 6. The molecule has 1 fully saturated rings. The van der Waals surface area contributed by atoms with Gasteiger partial charge in [-0.25, -0.2) is 16.8 Å². The molecule has 0 spiro atoms. The molecule has 0 amide bonds. The molecule has 1 unspecified atom stereocenters. The predicted molar refractivity (Wildman–Crippen MR) is 73.5 cm³/mol. The van der Waals surface area contributed by atoms with E-state index in [9.17, 15) is 16.8 Å². The highest BCUT2D eigenvalue weighted by Crippen LogP contribution is 2.23. The molecule has 9 heteroatoms. The van der Waals surface area contributed by atoms with Crippen LogP contribution in [0.4, 0.5) is 0 Å². The first kappa shape index (κ1) is 15.5. The number of sulfonamides is 1. The average molecular weight is 322 g/mol. The van der Waals surface area contributed by atoms with Crippen molar-refractivity contribution in [2.45, 2.75) is 24.6 Å². The Morgan fingerprint density at radius 1 is 1.45 bits per heavy atom. The molecule has 2 rings (SSSR count). The van der Waals surface area contributed by atoms with Crippen molar-refractivity contribution in [3.63, 3.8) is 0 Å². The van der Waals surface area contributed by atoms with Crippen LogP contribution in [0.5, 0.6) is 0 Å². The molecular formula is C11H18N2O5S2. The van der Waals surface area contributed by atoms with E-state index in [4.69, 9.17) is 4.42 Å². The molecule has 1 aliphatic heterocycles. The first-order chi connectivity index (χ1) is 9.26. The van der Waals surface area contributed by atoms with Gasteiger partial charge in [-0.2, -0.15) is 4.31 Å². The van der Waals surface area contributed by atoms with Gasteiger partial charge in [-0.3, -0.25) is 0 Å². The Hall–Kier alpha value is -0.900. The largest absolute Gasteiger partial charge is 0.447 e. The SMILES string of the molecule is CNCc1ccc(S(=O)(=O)N2CCS(=O)(=O)CC2C)o1. The fourth-order valence-electron chi connectivity index (χ4n) is 2.22. The van der Waals surface area contributed by atoms with Gasteiger partial charge in [-0.15, -0.1) is 0 Å². The van der Waals surface area contributed by atoms with Crippen LogP contribution in [-0.2, 0) is 26.4 Å². The third-order valence-electron chi connectivity index (χ3n) is 3.16. The van der Waals surface area contributed by atoms with Crippen LogP contribution in [0.15, 0.2) is 21.6 Å². The summed E-state index contributed by atoms with van der Waals surface area (Å²) in [6.07, 6.45) is 0. The summed E-state index contributed by atoms with van der Waals surface area (Å²) >= 11 is 0. The predicted octanol–water partition coefficient (Wildman–Crippen LogP) is -0.193. The number of sulfone groups is 1. The molecule has 1 aliphatic rings. The van der Waals surface area contributed by atoms with E-state index in [1.54, 1.807) is 20.0 Å². The molecule has 0 aromatic carbocycles. The van der Waals surface area contributed by atoms with E-state index in [1.807, 2.05) is 0 Å². The molecule has 1 aromatic rings. The number of hydrogen-bond donors (Lipinski definition) is 1. The number of rotatable bonds is 4. The molecular weight excluding hydrogens is 304 g/mol. The van der Waals surface area contributed by atoms with Crippen LogP contribution in [0.1, 0.15) is 12.7 Å². The van der Waals surface area contributed by atoms with Crippen molar-refractivity contribution in [1.82, 2.24) is 9.62 Å². The van der Waals surface area contributed by atoms with E-state index in [-0.39, 0.29) is 23.1 Å². The lowest BCUT2D eigenvalue weighted by atomic mass is 10.4. The van der Waals surface area contributed by atoms with Crippen molar-refractivity contribution in [3.8, 4) is 0 Å². The minimum absolute atomic E-state index is 0.0338. The second-order valence-electron chi connectivity index (χ2n) is 4.83. The maximum atomic E-state index is 12.4. The van der Waals surface area contributed by atoms with Crippen molar-refractivity contribution >= 4 is 19.9 Å². The molecule has 20 heavy (non-hydrogen) atoms. The summed E-state index contributed by atoms with van der Waals surface area (Å²) in [5.74, 6) is 0.208. The van der Waals surface area contributed by atoms with Crippen LogP contribution < -0.4 is 5.32 Å². The molecule has 0 bridgehead atoms. The van der Waals surface area contributed by atoms with E-state index < -0.39 is 25.9 Å². The number of furan rings is 1. The quantitative estimate of drug-likeness (QED) is 0.825.